The van der Waals surface area contributed by atoms with E-state index < -0.39 is 0 Å². The molecule has 0 spiro atoms. The number of rotatable bonds is 4. The molecule has 0 saturated heterocycles. The quantitative estimate of drug-likeness (QED) is 0.800. The molecule has 1 N–H and O–H groups in total. The van der Waals surface area contributed by atoms with Crippen molar-refractivity contribution in [1.29, 1.82) is 0 Å². The van der Waals surface area contributed by atoms with E-state index in [9.17, 15) is 4.79 Å². The number of aromatic nitrogens is 4. The summed E-state index contributed by atoms with van der Waals surface area (Å²) in [5.41, 5.74) is 2.39. The number of aryl methyl sites for hydroxylation is 1. The molecule has 0 aliphatic heterocycles. The van der Waals surface area contributed by atoms with Crippen molar-refractivity contribution in [3.05, 3.63) is 64.6 Å². The highest BCUT2D eigenvalue weighted by atomic mass is 35.5. The summed E-state index contributed by atoms with van der Waals surface area (Å²) in [6.07, 6.45) is 3.22. The highest BCUT2D eigenvalue weighted by Crippen LogP contribution is 2.21. The van der Waals surface area contributed by atoms with Gasteiger partial charge in [0.25, 0.3) is 5.91 Å². The molecule has 6 nitrogen and oxygen atoms in total. The van der Waals surface area contributed by atoms with Gasteiger partial charge in [-0.1, -0.05) is 41.9 Å². The number of hydrogen-bond acceptors (Lipinski definition) is 3. The lowest BCUT2D eigenvalue weighted by molar-refractivity contribution is 0.102. The number of carbonyl (C=O) groups excluding carboxylic acids is 1. The monoisotopic (exact) mass is 329 g/mol. The highest BCUT2D eigenvalue weighted by molar-refractivity contribution is 6.33. The minimum atomic E-state index is -0.275. The van der Waals surface area contributed by atoms with Crippen LogP contribution in [-0.4, -0.2) is 25.5 Å². The van der Waals surface area contributed by atoms with Crippen LogP contribution in [0.15, 0.2) is 42.7 Å². The molecule has 23 heavy (non-hydrogen) atoms. The Morgan fingerprint density at radius 3 is 2.70 bits per heavy atom. The van der Waals surface area contributed by atoms with Gasteiger partial charge in [0.2, 0.25) is 0 Å². The smallest absolute Gasteiger partial charge is 0.260 e. The van der Waals surface area contributed by atoms with Gasteiger partial charge in [-0.25, -0.2) is 0 Å². The van der Waals surface area contributed by atoms with Crippen molar-refractivity contribution in [2.75, 3.05) is 5.32 Å². The minimum Gasteiger partial charge on any atom is -0.304 e. The molecule has 0 aliphatic carbocycles. The first-order chi connectivity index (χ1) is 11.0. The highest BCUT2D eigenvalue weighted by Gasteiger charge is 2.16. The van der Waals surface area contributed by atoms with Gasteiger partial charge in [0.15, 0.2) is 5.82 Å². The van der Waals surface area contributed by atoms with Gasteiger partial charge < -0.3 is 5.32 Å². The SMILES string of the molecule is Cc1c(C(=O)Nc2nn(Cc3ccccc3)cc2Cl)cnn1C. The Morgan fingerprint density at radius 2 is 2.04 bits per heavy atom. The molecule has 0 fully saturated rings. The molecule has 0 bridgehead atoms. The van der Waals surface area contributed by atoms with Gasteiger partial charge in [-0.15, -0.1) is 0 Å². The molecule has 0 aliphatic rings. The van der Waals surface area contributed by atoms with Crippen molar-refractivity contribution in [1.82, 2.24) is 19.6 Å². The Kier molecular flexibility index (Phi) is 4.16. The molecule has 0 radical (unpaired) electrons. The lowest BCUT2D eigenvalue weighted by Crippen LogP contribution is -2.14. The molecule has 7 heteroatoms. The molecular weight excluding hydrogens is 314 g/mol. The molecule has 2 aromatic heterocycles. The van der Waals surface area contributed by atoms with Crippen molar-refractivity contribution in [3.8, 4) is 0 Å². The third-order valence-corrected chi connectivity index (χ3v) is 3.89. The summed E-state index contributed by atoms with van der Waals surface area (Å²) in [5.74, 6) is 0.0679. The summed E-state index contributed by atoms with van der Waals surface area (Å²) in [6.45, 7) is 2.42. The number of nitrogens with zero attached hydrogens (tertiary/aromatic N) is 4. The number of benzene rings is 1. The van der Waals surface area contributed by atoms with E-state index in [1.54, 1.807) is 22.6 Å². The third-order valence-electron chi connectivity index (χ3n) is 3.62. The fourth-order valence-electron chi connectivity index (χ4n) is 2.23. The van der Waals surface area contributed by atoms with Crippen LogP contribution in [0.1, 0.15) is 21.6 Å². The Bertz CT molecular complexity index is 838. The van der Waals surface area contributed by atoms with Crippen molar-refractivity contribution in [2.45, 2.75) is 13.5 Å². The van der Waals surface area contributed by atoms with Gasteiger partial charge in [0, 0.05) is 18.9 Å². The van der Waals surface area contributed by atoms with Crippen molar-refractivity contribution < 1.29 is 4.79 Å². The second kappa shape index (κ2) is 6.26. The second-order valence-electron chi connectivity index (χ2n) is 5.23. The number of halogens is 1. The summed E-state index contributed by atoms with van der Waals surface area (Å²) in [6, 6.07) is 9.91. The average molecular weight is 330 g/mol. The maximum Gasteiger partial charge on any atom is 0.260 e. The van der Waals surface area contributed by atoms with Crippen LogP contribution in [0.3, 0.4) is 0 Å². The fourth-order valence-corrected chi connectivity index (χ4v) is 2.43. The van der Waals surface area contributed by atoms with Crippen LogP contribution in [0.2, 0.25) is 5.02 Å². The Morgan fingerprint density at radius 1 is 1.30 bits per heavy atom. The van der Waals surface area contributed by atoms with Gasteiger partial charge in [-0.05, 0) is 12.5 Å². The predicted molar refractivity (Wildman–Crippen MR) is 88.7 cm³/mol. The molecule has 1 amide bonds. The zero-order valence-electron chi connectivity index (χ0n) is 12.8. The predicted octanol–water partition coefficient (Wildman–Crippen LogP) is 2.88. The van der Waals surface area contributed by atoms with Crippen LogP contribution >= 0.6 is 11.6 Å². The number of anilines is 1. The molecule has 118 valence electrons. The standard InChI is InChI=1S/C16H16ClN5O/c1-11-13(8-18-21(11)2)16(23)19-15-14(17)10-22(20-15)9-12-6-4-3-5-7-12/h3-8,10H,9H2,1-2H3,(H,19,20,23). The molecule has 1 aromatic carbocycles. The maximum absolute atomic E-state index is 12.3. The van der Waals surface area contributed by atoms with E-state index >= 15 is 0 Å². The Labute approximate surface area is 138 Å². The number of carbonyl (C=O) groups is 1. The van der Waals surface area contributed by atoms with E-state index in [2.05, 4.69) is 15.5 Å². The van der Waals surface area contributed by atoms with Gasteiger partial charge in [0.05, 0.1) is 18.3 Å². The molecule has 3 aromatic rings. The number of hydrogen-bond donors (Lipinski definition) is 1. The number of amides is 1. The Hall–Kier alpha value is -2.60. The van der Waals surface area contributed by atoms with Gasteiger partial charge >= 0.3 is 0 Å². The van der Waals surface area contributed by atoms with E-state index in [1.165, 1.54) is 6.20 Å². The maximum atomic E-state index is 12.3. The largest absolute Gasteiger partial charge is 0.304 e. The van der Waals surface area contributed by atoms with E-state index in [1.807, 2.05) is 37.3 Å². The van der Waals surface area contributed by atoms with Crippen LogP contribution in [0.25, 0.3) is 0 Å². The van der Waals surface area contributed by atoms with Crippen LogP contribution in [0.5, 0.6) is 0 Å². The molecular formula is C16H16ClN5O. The van der Waals surface area contributed by atoms with Crippen LogP contribution in [0, 0.1) is 6.92 Å². The fraction of sp³-hybridized carbons (Fsp3) is 0.188. The average Bonchev–Trinajstić information content (AvgIpc) is 3.04. The third kappa shape index (κ3) is 3.27. The Balaban J connectivity index is 1.76. The normalized spacial score (nSPS) is 10.7. The van der Waals surface area contributed by atoms with E-state index in [0.717, 1.165) is 11.3 Å². The van der Waals surface area contributed by atoms with E-state index in [-0.39, 0.29) is 5.91 Å². The summed E-state index contributed by atoms with van der Waals surface area (Å²) in [4.78, 5) is 12.3. The van der Waals surface area contributed by atoms with Crippen LogP contribution in [0.4, 0.5) is 5.82 Å². The van der Waals surface area contributed by atoms with Crippen molar-refractivity contribution >= 4 is 23.3 Å². The van der Waals surface area contributed by atoms with Crippen LogP contribution in [-0.2, 0) is 13.6 Å². The second-order valence-corrected chi connectivity index (χ2v) is 5.64. The number of nitrogens with one attached hydrogen (secondary N) is 1. The topological polar surface area (TPSA) is 64.7 Å². The summed E-state index contributed by atoms with van der Waals surface area (Å²) < 4.78 is 3.34. The van der Waals surface area contributed by atoms with Crippen molar-refractivity contribution in [3.63, 3.8) is 0 Å². The van der Waals surface area contributed by atoms with Gasteiger partial charge in [-0.3, -0.25) is 14.2 Å². The van der Waals surface area contributed by atoms with E-state index in [4.69, 9.17) is 11.6 Å². The lowest BCUT2D eigenvalue weighted by atomic mass is 10.2. The lowest BCUT2D eigenvalue weighted by Gasteiger charge is -2.03. The molecule has 0 unspecified atom stereocenters. The molecule has 0 saturated carbocycles. The minimum absolute atomic E-state index is 0.275. The first kappa shape index (κ1) is 15.3. The van der Waals surface area contributed by atoms with E-state index in [0.29, 0.717) is 22.9 Å². The first-order valence-electron chi connectivity index (χ1n) is 7.11. The van der Waals surface area contributed by atoms with Crippen molar-refractivity contribution in [2.24, 2.45) is 7.05 Å². The summed E-state index contributed by atoms with van der Waals surface area (Å²) in [7, 11) is 1.79. The summed E-state index contributed by atoms with van der Waals surface area (Å²) >= 11 is 6.17. The van der Waals surface area contributed by atoms with Gasteiger partial charge in [0.1, 0.15) is 5.02 Å². The first-order valence-corrected chi connectivity index (χ1v) is 7.49. The van der Waals surface area contributed by atoms with Crippen LogP contribution < -0.4 is 5.32 Å². The molecule has 3 rings (SSSR count). The summed E-state index contributed by atoms with van der Waals surface area (Å²) in [5, 5.41) is 11.5. The molecule has 0 atom stereocenters. The zero-order valence-corrected chi connectivity index (χ0v) is 13.6. The molecule has 2 heterocycles. The van der Waals surface area contributed by atoms with Gasteiger partial charge in [-0.2, -0.15) is 10.2 Å². The zero-order chi connectivity index (χ0) is 16.4.